The van der Waals surface area contributed by atoms with Gasteiger partial charge in [-0.25, -0.2) is 22.2 Å². The molecule has 0 saturated heterocycles. The highest BCUT2D eigenvalue weighted by atomic mass is 32.2. The van der Waals surface area contributed by atoms with Crippen LogP contribution in [0.15, 0.2) is 77.2 Å². The van der Waals surface area contributed by atoms with E-state index >= 15 is 0 Å². The van der Waals surface area contributed by atoms with Crippen molar-refractivity contribution in [3.05, 3.63) is 90.0 Å². The summed E-state index contributed by atoms with van der Waals surface area (Å²) in [6, 6.07) is 17.4. The van der Waals surface area contributed by atoms with Gasteiger partial charge in [0.2, 0.25) is 10.0 Å². The summed E-state index contributed by atoms with van der Waals surface area (Å²) in [5.74, 6) is -1.65. The van der Waals surface area contributed by atoms with Crippen molar-refractivity contribution in [1.82, 2.24) is 15.3 Å². The monoisotopic (exact) mass is 602 g/mol. The Labute approximate surface area is 244 Å². The Morgan fingerprint density at radius 2 is 1.79 bits per heavy atom. The number of anilines is 1. The van der Waals surface area contributed by atoms with Crippen LogP contribution in [-0.2, 0) is 10.0 Å². The number of halogens is 2. The number of aromatic nitrogens is 2. The van der Waals surface area contributed by atoms with E-state index in [1.807, 2.05) is 0 Å². The van der Waals surface area contributed by atoms with Gasteiger partial charge in [0, 0.05) is 40.5 Å². The number of nitrogens with one attached hydrogen (secondary N) is 3. The van der Waals surface area contributed by atoms with E-state index in [4.69, 9.17) is 4.42 Å². The topological polar surface area (TPSA) is 137 Å². The van der Waals surface area contributed by atoms with Gasteiger partial charge in [-0.3, -0.25) is 9.52 Å². The van der Waals surface area contributed by atoms with Crippen molar-refractivity contribution < 1.29 is 31.5 Å². The molecule has 9 nitrogen and oxygen atoms in total. The van der Waals surface area contributed by atoms with Gasteiger partial charge in [0.05, 0.1) is 28.4 Å². The van der Waals surface area contributed by atoms with Crippen molar-refractivity contribution in [2.24, 2.45) is 0 Å². The molecule has 1 amide bonds. The Morgan fingerprint density at radius 3 is 2.49 bits per heavy atom. The number of aromatic amines is 1. The molecule has 3 aromatic heterocycles. The summed E-state index contributed by atoms with van der Waals surface area (Å²) >= 11 is 0. The summed E-state index contributed by atoms with van der Waals surface area (Å²) in [5, 5.41) is 14.0. The highest BCUT2D eigenvalue weighted by Gasteiger charge is 2.25. The van der Waals surface area contributed by atoms with Crippen LogP contribution in [0.1, 0.15) is 17.3 Å². The number of sulfonamides is 1. The third-order valence-corrected chi connectivity index (χ3v) is 8.34. The summed E-state index contributed by atoms with van der Waals surface area (Å²) < 4.78 is 62.1. The van der Waals surface area contributed by atoms with Crippen molar-refractivity contribution in [2.75, 3.05) is 17.5 Å². The van der Waals surface area contributed by atoms with Crippen molar-refractivity contribution in [1.29, 1.82) is 0 Å². The zero-order valence-electron chi connectivity index (χ0n) is 22.8. The average molecular weight is 603 g/mol. The number of benzene rings is 3. The number of rotatable bonds is 7. The van der Waals surface area contributed by atoms with Crippen molar-refractivity contribution in [3.8, 4) is 39.7 Å². The fourth-order valence-corrected chi connectivity index (χ4v) is 5.53. The molecule has 0 radical (unpaired) electrons. The lowest BCUT2D eigenvalue weighted by atomic mass is 10.0. The molecule has 0 aliphatic carbocycles. The fraction of sp³-hybridized carbons (Fsp3) is 0.0968. The molecule has 0 unspecified atom stereocenters. The minimum Gasteiger partial charge on any atom is -0.506 e. The molecule has 218 valence electrons. The first-order chi connectivity index (χ1) is 20.6. The van der Waals surface area contributed by atoms with E-state index in [0.717, 1.165) is 0 Å². The van der Waals surface area contributed by atoms with Crippen molar-refractivity contribution in [3.63, 3.8) is 0 Å². The predicted molar refractivity (Wildman–Crippen MR) is 160 cm³/mol. The molecule has 0 saturated carbocycles. The number of pyridine rings is 1. The normalized spacial score (nSPS) is 11.7. The van der Waals surface area contributed by atoms with E-state index in [1.54, 1.807) is 18.2 Å². The van der Waals surface area contributed by atoms with Gasteiger partial charge < -0.3 is 19.8 Å². The van der Waals surface area contributed by atoms with Crippen LogP contribution >= 0.6 is 0 Å². The van der Waals surface area contributed by atoms with Crippen LogP contribution in [0.2, 0.25) is 0 Å². The van der Waals surface area contributed by atoms with E-state index < -0.39 is 27.6 Å². The van der Waals surface area contributed by atoms with Gasteiger partial charge in [-0.15, -0.1) is 0 Å². The number of hydrogen-bond acceptors (Lipinski definition) is 6. The molecule has 43 heavy (non-hydrogen) atoms. The highest BCUT2D eigenvalue weighted by Crippen LogP contribution is 2.41. The SMILES string of the molecule is CCS(=O)(=O)Nc1cc2oc(-c3ccc(F)cc3)c(C(=O)NC)c2cc1-c1ccc(O)c(-c2cc3c(F)cccc3[nH]2)n1. The van der Waals surface area contributed by atoms with Gasteiger partial charge in [-0.05, 0) is 67.6 Å². The molecule has 0 bridgehead atoms. The van der Waals surface area contributed by atoms with Gasteiger partial charge >= 0.3 is 0 Å². The summed E-state index contributed by atoms with van der Waals surface area (Å²) in [7, 11) is -2.33. The first-order valence-electron chi connectivity index (χ1n) is 13.2. The van der Waals surface area contributed by atoms with Crippen LogP contribution < -0.4 is 10.0 Å². The third-order valence-electron chi connectivity index (χ3n) is 7.05. The lowest BCUT2D eigenvalue weighted by molar-refractivity contribution is 0.0964. The van der Waals surface area contributed by atoms with Crippen LogP contribution in [0, 0.1) is 11.6 Å². The fourth-order valence-electron chi connectivity index (χ4n) is 4.88. The lowest BCUT2D eigenvalue weighted by Crippen LogP contribution is -2.18. The number of carbonyl (C=O) groups excluding carboxylic acids is 1. The molecule has 0 aliphatic heterocycles. The quantitative estimate of drug-likeness (QED) is 0.167. The summed E-state index contributed by atoms with van der Waals surface area (Å²) in [5.41, 5.74) is 2.36. The Morgan fingerprint density at radius 1 is 1.02 bits per heavy atom. The third kappa shape index (κ3) is 5.06. The summed E-state index contributed by atoms with van der Waals surface area (Å²) in [6.07, 6.45) is 0. The summed E-state index contributed by atoms with van der Waals surface area (Å²) in [4.78, 5) is 20.8. The number of amides is 1. The molecule has 6 rings (SSSR count). The molecule has 3 heterocycles. The largest absolute Gasteiger partial charge is 0.506 e. The minimum absolute atomic E-state index is 0.100. The average Bonchev–Trinajstić information content (AvgIpc) is 3.59. The number of H-pyrrole nitrogens is 1. The number of aromatic hydroxyl groups is 1. The molecule has 0 fully saturated rings. The van der Waals surface area contributed by atoms with Crippen LogP contribution in [0.3, 0.4) is 0 Å². The number of furan rings is 1. The number of carbonyl (C=O) groups is 1. The molecule has 0 spiro atoms. The van der Waals surface area contributed by atoms with Crippen LogP contribution in [0.25, 0.3) is 55.8 Å². The van der Waals surface area contributed by atoms with Gasteiger partial charge in [0.1, 0.15) is 34.4 Å². The number of fused-ring (bicyclic) bond motifs is 2. The van der Waals surface area contributed by atoms with Crippen molar-refractivity contribution >= 4 is 43.5 Å². The molecular weight excluding hydrogens is 578 g/mol. The van der Waals surface area contributed by atoms with Crippen LogP contribution in [-0.4, -0.2) is 42.2 Å². The molecule has 3 aromatic carbocycles. The Balaban J connectivity index is 1.60. The van der Waals surface area contributed by atoms with Crippen LogP contribution in [0.5, 0.6) is 5.75 Å². The first-order valence-corrected chi connectivity index (χ1v) is 14.8. The second-order valence-electron chi connectivity index (χ2n) is 9.74. The summed E-state index contributed by atoms with van der Waals surface area (Å²) in [6.45, 7) is 1.48. The van der Waals surface area contributed by atoms with E-state index in [0.29, 0.717) is 27.5 Å². The zero-order valence-corrected chi connectivity index (χ0v) is 23.6. The van der Waals surface area contributed by atoms with Crippen LogP contribution in [0.4, 0.5) is 14.5 Å². The second kappa shape index (κ2) is 10.6. The van der Waals surface area contributed by atoms with E-state index in [9.17, 15) is 27.1 Å². The zero-order chi connectivity index (χ0) is 30.5. The standard InChI is InChI=1S/C31H24F2N4O5S/c1-3-43(40,41)37-24-15-27-20(28(31(39)34-2)30(42-27)16-7-9-17(32)10-8-16)13-19(24)23-11-12-26(38)29(36-23)25-14-18-21(33)5-4-6-22(18)35-25/h4-15,35,37-38H,3H2,1-2H3,(H,34,39). The maximum Gasteiger partial charge on any atom is 0.255 e. The molecule has 0 aliphatic rings. The Bertz CT molecular complexity index is 2160. The van der Waals surface area contributed by atoms with Gasteiger partial charge in [0.25, 0.3) is 5.91 Å². The van der Waals surface area contributed by atoms with Gasteiger partial charge in [0.15, 0.2) is 0 Å². The Kier molecular flexibility index (Phi) is 6.85. The second-order valence-corrected chi connectivity index (χ2v) is 11.8. The minimum atomic E-state index is -3.78. The molecule has 12 heteroatoms. The number of hydrogen-bond donors (Lipinski definition) is 4. The smallest absolute Gasteiger partial charge is 0.255 e. The van der Waals surface area contributed by atoms with Gasteiger partial charge in [-0.1, -0.05) is 6.07 Å². The Hall–Kier alpha value is -5.23. The van der Waals surface area contributed by atoms with E-state index in [2.05, 4.69) is 20.0 Å². The van der Waals surface area contributed by atoms with E-state index in [1.165, 1.54) is 68.6 Å². The molecule has 6 aromatic rings. The van der Waals surface area contributed by atoms with Crippen molar-refractivity contribution in [2.45, 2.75) is 6.92 Å². The lowest BCUT2D eigenvalue weighted by Gasteiger charge is -2.13. The molecule has 0 atom stereocenters. The first kappa shape index (κ1) is 27.9. The van der Waals surface area contributed by atoms with Gasteiger partial charge in [-0.2, -0.15) is 0 Å². The molecule has 4 N–H and O–H groups in total. The molecular formula is C31H24F2N4O5S. The highest BCUT2D eigenvalue weighted by molar-refractivity contribution is 7.92. The number of nitrogens with zero attached hydrogens (tertiary/aromatic N) is 1. The van der Waals surface area contributed by atoms with E-state index in [-0.39, 0.29) is 51.0 Å². The predicted octanol–water partition coefficient (Wildman–Crippen LogP) is 6.42. The maximum atomic E-state index is 14.4. The maximum absolute atomic E-state index is 14.4.